The van der Waals surface area contributed by atoms with Crippen LogP contribution in [0.2, 0.25) is 0 Å². The van der Waals surface area contributed by atoms with Gasteiger partial charge in [0.2, 0.25) is 0 Å². The third-order valence-corrected chi connectivity index (χ3v) is 3.81. The molecule has 1 aromatic carbocycles. The van der Waals surface area contributed by atoms with Crippen LogP contribution in [0.25, 0.3) is 0 Å². The summed E-state index contributed by atoms with van der Waals surface area (Å²) in [5.41, 5.74) is -2.17. The Bertz CT molecular complexity index is 642. The number of esters is 1. The third-order valence-electron chi connectivity index (χ3n) is 3.81. The Kier molecular flexibility index (Phi) is 4.58. The predicted molar refractivity (Wildman–Crippen MR) is 77.2 cm³/mol. The highest BCUT2D eigenvalue weighted by Gasteiger charge is 2.60. The molecule has 0 amide bonds. The van der Waals surface area contributed by atoms with E-state index in [1.54, 1.807) is 0 Å². The van der Waals surface area contributed by atoms with Crippen molar-refractivity contribution in [3.05, 3.63) is 23.3 Å². The van der Waals surface area contributed by atoms with Crippen molar-refractivity contribution in [3.63, 3.8) is 0 Å². The number of hydrogen-bond acceptors (Lipinski definition) is 5. The van der Waals surface area contributed by atoms with Gasteiger partial charge in [-0.1, -0.05) is 0 Å². The van der Waals surface area contributed by atoms with Gasteiger partial charge in [-0.2, -0.15) is 0 Å². The number of Topliss-reactive ketones (excluding diaryl/α,β-unsaturated/α-hetero) is 1. The summed E-state index contributed by atoms with van der Waals surface area (Å²) in [6.45, 7) is 3.07. The molecule has 126 valence electrons. The molecule has 1 atom stereocenters. The zero-order valence-electron chi connectivity index (χ0n) is 13.3. The van der Waals surface area contributed by atoms with Crippen LogP contribution in [0, 0.1) is 5.41 Å². The fourth-order valence-corrected chi connectivity index (χ4v) is 2.65. The molecular formula is C16H18F2O5. The maximum absolute atomic E-state index is 13.7. The van der Waals surface area contributed by atoms with Gasteiger partial charge in [0, 0.05) is 12.0 Å². The molecule has 0 fully saturated rings. The fraction of sp³-hybridized carbons (Fsp3) is 0.500. The summed E-state index contributed by atoms with van der Waals surface area (Å²) in [5, 5.41) is 0. The number of halogens is 2. The van der Waals surface area contributed by atoms with Gasteiger partial charge in [-0.3, -0.25) is 9.59 Å². The SMILES string of the molecule is COc1cc2c(cc1OC)C(=O)C(C(=O)OC(C)C)(C(F)F)C2. The lowest BCUT2D eigenvalue weighted by Gasteiger charge is -2.25. The van der Waals surface area contributed by atoms with Crippen LogP contribution in [-0.2, 0) is 16.0 Å². The summed E-state index contributed by atoms with van der Waals surface area (Å²) in [7, 11) is 2.77. The van der Waals surface area contributed by atoms with Crippen LogP contribution in [0.15, 0.2) is 12.1 Å². The Labute approximate surface area is 132 Å². The van der Waals surface area contributed by atoms with Crippen molar-refractivity contribution < 1.29 is 32.6 Å². The number of ether oxygens (including phenoxy) is 3. The van der Waals surface area contributed by atoms with E-state index in [1.807, 2.05) is 0 Å². The molecule has 7 heteroatoms. The second-order valence-electron chi connectivity index (χ2n) is 5.60. The number of carbonyl (C=O) groups is 2. The molecule has 5 nitrogen and oxygen atoms in total. The maximum Gasteiger partial charge on any atom is 0.326 e. The second kappa shape index (κ2) is 6.14. The summed E-state index contributed by atoms with van der Waals surface area (Å²) in [6, 6.07) is 2.77. The Morgan fingerprint density at radius 1 is 1.17 bits per heavy atom. The molecule has 0 aromatic heterocycles. The number of ketones is 1. The Morgan fingerprint density at radius 2 is 1.74 bits per heavy atom. The van der Waals surface area contributed by atoms with Gasteiger partial charge in [0.1, 0.15) is 0 Å². The summed E-state index contributed by atoms with van der Waals surface area (Å²) in [6.07, 6.45) is -4.20. The van der Waals surface area contributed by atoms with Crippen LogP contribution in [0.1, 0.15) is 29.8 Å². The zero-order valence-corrected chi connectivity index (χ0v) is 13.3. The first-order chi connectivity index (χ1) is 10.8. The first-order valence-electron chi connectivity index (χ1n) is 7.06. The minimum absolute atomic E-state index is 0.0312. The van der Waals surface area contributed by atoms with E-state index in [1.165, 1.54) is 40.2 Å². The number of carbonyl (C=O) groups excluding carboxylic acids is 2. The van der Waals surface area contributed by atoms with Gasteiger partial charge in [0.05, 0.1) is 20.3 Å². The van der Waals surface area contributed by atoms with Crippen molar-refractivity contribution in [2.75, 3.05) is 14.2 Å². The van der Waals surface area contributed by atoms with E-state index in [-0.39, 0.29) is 11.3 Å². The van der Waals surface area contributed by atoms with Gasteiger partial charge in [-0.25, -0.2) is 8.78 Å². The Balaban J connectivity index is 2.54. The minimum atomic E-state index is -3.18. The summed E-state index contributed by atoms with van der Waals surface area (Å²) < 4.78 is 42.5. The second-order valence-corrected chi connectivity index (χ2v) is 5.60. The lowest BCUT2D eigenvalue weighted by molar-refractivity contribution is -0.164. The molecule has 0 aliphatic heterocycles. The minimum Gasteiger partial charge on any atom is -0.493 e. The molecule has 0 radical (unpaired) electrons. The summed E-state index contributed by atoms with van der Waals surface area (Å²) in [4.78, 5) is 24.8. The molecule has 23 heavy (non-hydrogen) atoms. The number of hydrogen-bond donors (Lipinski definition) is 0. The van der Waals surface area contributed by atoms with E-state index >= 15 is 0 Å². The molecule has 0 saturated heterocycles. The van der Waals surface area contributed by atoms with Crippen LogP contribution in [0.4, 0.5) is 8.78 Å². The van der Waals surface area contributed by atoms with Gasteiger partial charge >= 0.3 is 5.97 Å². The standard InChI is InChI=1S/C16H18F2O5/c1-8(2)23-15(20)16(14(17)18)7-9-5-11(21-3)12(22-4)6-10(9)13(16)19/h5-6,8,14H,7H2,1-4H3. The first kappa shape index (κ1) is 17.2. The average Bonchev–Trinajstić information content (AvgIpc) is 2.78. The molecule has 1 aliphatic rings. The van der Waals surface area contributed by atoms with Crippen molar-refractivity contribution in [1.82, 2.24) is 0 Å². The zero-order chi connectivity index (χ0) is 17.4. The van der Waals surface area contributed by atoms with Crippen molar-refractivity contribution >= 4 is 11.8 Å². The molecule has 0 heterocycles. The van der Waals surface area contributed by atoms with Crippen LogP contribution in [0.5, 0.6) is 11.5 Å². The van der Waals surface area contributed by atoms with E-state index < -0.39 is 36.1 Å². The van der Waals surface area contributed by atoms with E-state index in [0.29, 0.717) is 11.3 Å². The molecule has 0 spiro atoms. The molecule has 2 rings (SSSR count). The lowest BCUT2D eigenvalue weighted by atomic mass is 9.84. The van der Waals surface area contributed by atoms with Crippen molar-refractivity contribution in [2.24, 2.45) is 5.41 Å². The predicted octanol–water partition coefficient (Wildman–Crippen LogP) is 2.65. The Morgan fingerprint density at radius 3 is 2.22 bits per heavy atom. The maximum atomic E-state index is 13.7. The number of alkyl halides is 2. The molecule has 0 saturated carbocycles. The van der Waals surface area contributed by atoms with Gasteiger partial charge in [-0.05, 0) is 31.5 Å². The molecule has 0 bridgehead atoms. The largest absolute Gasteiger partial charge is 0.493 e. The topological polar surface area (TPSA) is 61.8 Å². The van der Waals surface area contributed by atoms with E-state index in [9.17, 15) is 18.4 Å². The lowest BCUT2D eigenvalue weighted by Crippen LogP contribution is -2.45. The van der Waals surface area contributed by atoms with E-state index in [0.717, 1.165) is 0 Å². The van der Waals surface area contributed by atoms with Gasteiger partial charge < -0.3 is 14.2 Å². The quantitative estimate of drug-likeness (QED) is 0.614. The number of rotatable bonds is 5. The van der Waals surface area contributed by atoms with Crippen molar-refractivity contribution in [3.8, 4) is 11.5 Å². The van der Waals surface area contributed by atoms with E-state index in [4.69, 9.17) is 14.2 Å². The van der Waals surface area contributed by atoms with Crippen LogP contribution in [0.3, 0.4) is 0 Å². The fourth-order valence-electron chi connectivity index (χ4n) is 2.65. The summed E-state index contributed by atoms with van der Waals surface area (Å²) in [5.74, 6) is -1.61. The average molecular weight is 328 g/mol. The van der Waals surface area contributed by atoms with Crippen molar-refractivity contribution in [2.45, 2.75) is 32.8 Å². The van der Waals surface area contributed by atoms with Crippen LogP contribution < -0.4 is 9.47 Å². The van der Waals surface area contributed by atoms with Gasteiger partial charge in [0.15, 0.2) is 22.7 Å². The summed E-state index contributed by atoms with van der Waals surface area (Å²) >= 11 is 0. The molecule has 0 N–H and O–H groups in total. The number of fused-ring (bicyclic) bond motifs is 1. The highest BCUT2D eigenvalue weighted by molar-refractivity contribution is 6.16. The highest BCUT2D eigenvalue weighted by Crippen LogP contribution is 2.46. The molecular weight excluding hydrogens is 310 g/mol. The Hall–Kier alpha value is -2.18. The van der Waals surface area contributed by atoms with E-state index in [2.05, 4.69) is 0 Å². The van der Waals surface area contributed by atoms with Gasteiger partial charge in [-0.15, -0.1) is 0 Å². The highest BCUT2D eigenvalue weighted by atomic mass is 19.3. The first-order valence-corrected chi connectivity index (χ1v) is 7.06. The van der Waals surface area contributed by atoms with Gasteiger partial charge in [0.25, 0.3) is 6.43 Å². The molecule has 1 unspecified atom stereocenters. The molecule has 1 aliphatic carbocycles. The monoisotopic (exact) mass is 328 g/mol. The van der Waals surface area contributed by atoms with Crippen LogP contribution >= 0.6 is 0 Å². The molecule has 1 aromatic rings. The third kappa shape index (κ3) is 2.64. The number of methoxy groups -OCH3 is 2. The van der Waals surface area contributed by atoms with Crippen LogP contribution in [-0.4, -0.2) is 38.5 Å². The normalized spacial score (nSPS) is 19.9. The number of benzene rings is 1. The van der Waals surface area contributed by atoms with Crippen molar-refractivity contribution in [1.29, 1.82) is 0 Å². The smallest absolute Gasteiger partial charge is 0.326 e.